The van der Waals surface area contributed by atoms with Gasteiger partial charge in [-0.2, -0.15) is 15.0 Å². The van der Waals surface area contributed by atoms with E-state index in [0.29, 0.717) is 0 Å². The number of aliphatic hydroxyl groups excluding tert-OH is 1. The number of hydrogen-bond donors (Lipinski definition) is 2. The highest BCUT2D eigenvalue weighted by Gasteiger charge is 2.25. The van der Waals surface area contributed by atoms with E-state index in [1.165, 1.54) is 7.11 Å². The topological polar surface area (TPSA) is 80.2 Å². The van der Waals surface area contributed by atoms with Crippen molar-refractivity contribution >= 4 is 17.5 Å². The van der Waals surface area contributed by atoms with Crippen LogP contribution in [0, 0.1) is 0 Å². The molecule has 0 amide bonds. The van der Waals surface area contributed by atoms with E-state index >= 15 is 0 Å². The van der Waals surface area contributed by atoms with Gasteiger partial charge in [0.15, 0.2) is 0 Å². The minimum atomic E-state index is -0.575. The Morgan fingerprint density at radius 2 is 2.00 bits per heavy atom. The minimum absolute atomic E-state index is 0.0377. The van der Waals surface area contributed by atoms with E-state index in [1.54, 1.807) is 6.92 Å². The molecule has 7 heteroatoms. The highest BCUT2D eigenvalue weighted by atomic mass is 35.5. The Morgan fingerprint density at radius 1 is 1.38 bits per heavy atom. The first kappa shape index (κ1) is 12.9. The van der Waals surface area contributed by atoms with E-state index < -0.39 is 11.6 Å². The molecule has 0 bridgehead atoms. The van der Waals surface area contributed by atoms with Crippen LogP contribution in [0.4, 0.5) is 5.95 Å². The van der Waals surface area contributed by atoms with Crippen molar-refractivity contribution in [3.63, 3.8) is 0 Å². The third-order valence-corrected chi connectivity index (χ3v) is 2.42. The number of nitrogens with zero attached hydrogens (tertiary/aromatic N) is 3. The molecule has 0 saturated carbocycles. The maximum absolute atomic E-state index is 9.54. The largest absolute Gasteiger partial charge is 0.467 e. The lowest BCUT2D eigenvalue weighted by Gasteiger charge is -2.29. The van der Waals surface area contributed by atoms with Crippen LogP contribution in [0.5, 0.6) is 6.01 Å². The summed E-state index contributed by atoms with van der Waals surface area (Å²) < 4.78 is 4.86. The van der Waals surface area contributed by atoms with Crippen LogP contribution in [0.25, 0.3) is 0 Å². The van der Waals surface area contributed by atoms with Crippen LogP contribution >= 0.6 is 11.6 Å². The SMILES string of the molecule is COc1nc(Cl)nc(NC(C)(C)C(C)O)n1. The Morgan fingerprint density at radius 3 is 2.50 bits per heavy atom. The Kier molecular flexibility index (Phi) is 3.88. The molecule has 1 aromatic rings. The van der Waals surface area contributed by atoms with E-state index in [1.807, 2.05) is 13.8 Å². The maximum Gasteiger partial charge on any atom is 0.322 e. The van der Waals surface area contributed by atoms with E-state index in [2.05, 4.69) is 20.3 Å². The summed E-state index contributed by atoms with van der Waals surface area (Å²) in [4.78, 5) is 11.6. The number of hydrogen-bond acceptors (Lipinski definition) is 6. The Balaban J connectivity index is 2.93. The van der Waals surface area contributed by atoms with Gasteiger partial charge in [0, 0.05) is 0 Å². The van der Waals surface area contributed by atoms with Gasteiger partial charge in [-0.15, -0.1) is 0 Å². The molecule has 16 heavy (non-hydrogen) atoms. The van der Waals surface area contributed by atoms with Gasteiger partial charge >= 0.3 is 6.01 Å². The van der Waals surface area contributed by atoms with Crippen molar-refractivity contribution in [3.05, 3.63) is 5.28 Å². The molecular formula is C9H15ClN4O2. The van der Waals surface area contributed by atoms with Crippen molar-refractivity contribution in [2.75, 3.05) is 12.4 Å². The van der Waals surface area contributed by atoms with Crippen LogP contribution in [-0.4, -0.2) is 38.8 Å². The van der Waals surface area contributed by atoms with Crippen molar-refractivity contribution in [1.82, 2.24) is 15.0 Å². The van der Waals surface area contributed by atoms with Crippen molar-refractivity contribution < 1.29 is 9.84 Å². The van der Waals surface area contributed by atoms with Gasteiger partial charge in [-0.3, -0.25) is 0 Å². The number of halogens is 1. The Labute approximate surface area is 99.0 Å². The number of aromatic nitrogens is 3. The zero-order chi connectivity index (χ0) is 12.3. The highest BCUT2D eigenvalue weighted by molar-refractivity contribution is 6.28. The molecule has 0 saturated heterocycles. The van der Waals surface area contributed by atoms with Gasteiger partial charge in [0.05, 0.1) is 18.8 Å². The van der Waals surface area contributed by atoms with E-state index in [4.69, 9.17) is 16.3 Å². The highest BCUT2D eigenvalue weighted by Crippen LogP contribution is 2.17. The zero-order valence-corrected chi connectivity index (χ0v) is 10.4. The Bertz CT molecular complexity index is 371. The summed E-state index contributed by atoms with van der Waals surface area (Å²) >= 11 is 5.69. The fraction of sp³-hybridized carbons (Fsp3) is 0.667. The molecule has 90 valence electrons. The monoisotopic (exact) mass is 246 g/mol. The summed E-state index contributed by atoms with van der Waals surface area (Å²) in [7, 11) is 1.44. The first-order valence-corrected chi connectivity index (χ1v) is 5.15. The second-order valence-corrected chi connectivity index (χ2v) is 4.28. The summed E-state index contributed by atoms with van der Waals surface area (Å²) in [6.07, 6.45) is -0.575. The van der Waals surface area contributed by atoms with Crippen LogP contribution in [-0.2, 0) is 0 Å². The maximum atomic E-state index is 9.54. The predicted molar refractivity (Wildman–Crippen MR) is 60.8 cm³/mol. The summed E-state index contributed by atoms with van der Waals surface area (Å²) in [5, 5.41) is 12.5. The first-order chi connectivity index (χ1) is 7.35. The predicted octanol–water partition coefficient (Wildman–Crippen LogP) is 1.10. The average Bonchev–Trinajstić information content (AvgIpc) is 2.15. The molecule has 0 aliphatic rings. The number of anilines is 1. The van der Waals surface area contributed by atoms with Crippen LogP contribution in [0.15, 0.2) is 0 Å². The number of ether oxygens (including phenoxy) is 1. The first-order valence-electron chi connectivity index (χ1n) is 4.77. The van der Waals surface area contributed by atoms with Gasteiger partial charge in [-0.1, -0.05) is 0 Å². The van der Waals surface area contributed by atoms with Gasteiger partial charge in [0.1, 0.15) is 0 Å². The summed E-state index contributed by atoms with van der Waals surface area (Å²) in [5.74, 6) is 0.266. The molecule has 1 unspecified atom stereocenters. The third-order valence-electron chi connectivity index (χ3n) is 2.25. The number of methoxy groups -OCH3 is 1. The summed E-state index contributed by atoms with van der Waals surface area (Å²) in [5.41, 5.74) is -0.574. The standard InChI is InChI=1S/C9H15ClN4O2/c1-5(15)9(2,3)14-7-11-6(10)12-8(13-7)16-4/h5,15H,1-4H3,(H,11,12,13,14). The molecule has 1 heterocycles. The van der Waals surface area contributed by atoms with Crippen LogP contribution in [0.1, 0.15) is 20.8 Å². The molecule has 1 atom stereocenters. The quantitative estimate of drug-likeness (QED) is 0.828. The molecule has 6 nitrogen and oxygen atoms in total. The third kappa shape index (κ3) is 3.18. The van der Waals surface area contributed by atoms with Crippen molar-refractivity contribution in [2.24, 2.45) is 0 Å². The smallest absolute Gasteiger partial charge is 0.322 e. The second-order valence-electron chi connectivity index (χ2n) is 3.94. The van der Waals surface area contributed by atoms with E-state index in [0.717, 1.165) is 0 Å². The fourth-order valence-corrected chi connectivity index (χ4v) is 1.02. The minimum Gasteiger partial charge on any atom is -0.467 e. The average molecular weight is 247 g/mol. The van der Waals surface area contributed by atoms with Crippen molar-refractivity contribution in [3.8, 4) is 6.01 Å². The van der Waals surface area contributed by atoms with Crippen molar-refractivity contribution in [1.29, 1.82) is 0 Å². The van der Waals surface area contributed by atoms with Gasteiger partial charge in [0.25, 0.3) is 0 Å². The molecule has 1 rings (SSSR count). The number of rotatable bonds is 4. The van der Waals surface area contributed by atoms with E-state index in [-0.39, 0.29) is 17.2 Å². The molecule has 1 aromatic heterocycles. The van der Waals surface area contributed by atoms with Gasteiger partial charge in [-0.25, -0.2) is 0 Å². The summed E-state index contributed by atoms with van der Waals surface area (Å²) in [6.45, 7) is 5.32. The van der Waals surface area contributed by atoms with E-state index in [9.17, 15) is 5.11 Å². The lowest BCUT2D eigenvalue weighted by atomic mass is 9.99. The Hall–Kier alpha value is -1.14. The molecule has 0 aromatic carbocycles. The fourth-order valence-electron chi connectivity index (χ4n) is 0.872. The zero-order valence-electron chi connectivity index (χ0n) is 9.65. The van der Waals surface area contributed by atoms with Gasteiger partial charge < -0.3 is 15.2 Å². The molecule has 0 aliphatic heterocycles. The lowest BCUT2D eigenvalue weighted by Crippen LogP contribution is -2.42. The number of nitrogens with one attached hydrogen (secondary N) is 1. The molecule has 0 aliphatic carbocycles. The van der Waals surface area contributed by atoms with Crippen LogP contribution in [0.3, 0.4) is 0 Å². The van der Waals surface area contributed by atoms with Gasteiger partial charge in [0.2, 0.25) is 11.2 Å². The molecule has 2 N–H and O–H groups in total. The lowest BCUT2D eigenvalue weighted by molar-refractivity contribution is 0.132. The number of aliphatic hydroxyl groups is 1. The molecule has 0 radical (unpaired) electrons. The van der Waals surface area contributed by atoms with Gasteiger partial charge in [-0.05, 0) is 32.4 Å². The van der Waals surface area contributed by atoms with Crippen LogP contribution in [0.2, 0.25) is 5.28 Å². The van der Waals surface area contributed by atoms with Crippen LogP contribution < -0.4 is 10.1 Å². The second kappa shape index (κ2) is 4.80. The summed E-state index contributed by atoms with van der Waals surface area (Å²) in [6, 6.07) is 0.129. The van der Waals surface area contributed by atoms with Crippen molar-refractivity contribution in [2.45, 2.75) is 32.4 Å². The molecule has 0 spiro atoms. The normalized spacial score (nSPS) is 13.4. The molecule has 0 fully saturated rings. The molecular weight excluding hydrogens is 232 g/mol.